The predicted molar refractivity (Wildman–Crippen MR) is 60.6 cm³/mol. The van der Waals surface area contributed by atoms with E-state index >= 15 is 0 Å². The van der Waals surface area contributed by atoms with Crippen molar-refractivity contribution in [3.05, 3.63) is 34.9 Å². The van der Waals surface area contributed by atoms with E-state index in [1.807, 2.05) is 0 Å². The summed E-state index contributed by atoms with van der Waals surface area (Å²) in [4.78, 5) is 11.5. The van der Waals surface area contributed by atoms with Crippen LogP contribution >= 0.6 is 23.8 Å². The van der Waals surface area contributed by atoms with Crippen molar-refractivity contribution >= 4 is 34.8 Å². The molecule has 1 rings (SSSR count). The van der Waals surface area contributed by atoms with Crippen LogP contribution < -0.4 is 10.6 Å². The number of nitrogens with one attached hydrogen (secondary N) is 2. The molecule has 0 saturated heterocycles. The zero-order valence-electron chi connectivity index (χ0n) is 7.50. The minimum atomic E-state index is -0.310. The van der Waals surface area contributed by atoms with Crippen LogP contribution in [0, 0.1) is 0 Å². The fourth-order valence-corrected chi connectivity index (χ4v) is 1.19. The van der Waals surface area contributed by atoms with Crippen molar-refractivity contribution < 1.29 is 4.79 Å². The van der Waals surface area contributed by atoms with Crippen molar-refractivity contribution in [2.45, 2.75) is 0 Å². The normalized spacial score (nSPS) is 9.29. The zero-order chi connectivity index (χ0) is 10.6. The van der Waals surface area contributed by atoms with Gasteiger partial charge in [-0.2, -0.15) is 0 Å². The quantitative estimate of drug-likeness (QED) is 0.717. The van der Waals surface area contributed by atoms with Gasteiger partial charge in [0, 0.05) is 7.05 Å². The first-order chi connectivity index (χ1) is 6.65. The van der Waals surface area contributed by atoms with Crippen LogP contribution in [-0.2, 0) is 0 Å². The molecule has 0 atom stereocenters. The molecule has 2 N–H and O–H groups in total. The van der Waals surface area contributed by atoms with Crippen LogP contribution in [0.4, 0.5) is 0 Å². The highest BCUT2D eigenvalue weighted by Crippen LogP contribution is 2.14. The average molecular weight is 229 g/mol. The standard InChI is InChI=1S/C9H9ClN2OS/c1-11-9(14)12-8(13)6-4-2-3-5-7(6)10/h2-5H,1H3,(H2,11,12,13,14). The molecule has 0 aliphatic carbocycles. The number of halogens is 1. The highest BCUT2D eigenvalue weighted by Gasteiger charge is 2.09. The van der Waals surface area contributed by atoms with Gasteiger partial charge in [-0.3, -0.25) is 10.1 Å². The van der Waals surface area contributed by atoms with Crippen LogP contribution in [0.1, 0.15) is 10.4 Å². The van der Waals surface area contributed by atoms with Gasteiger partial charge in [0.05, 0.1) is 10.6 Å². The molecule has 0 bridgehead atoms. The smallest absolute Gasteiger partial charge is 0.258 e. The number of thiocarbonyl (C=S) groups is 1. The van der Waals surface area contributed by atoms with Crippen molar-refractivity contribution in [3.8, 4) is 0 Å². The molecule has 0 aliphatic heterocycles. The van der Waals surface area contributed by atoms with Crippen molar-refractivity contribution in [2.75, 3.05) is 7.05 Å². The Bertz CT molecular complexity index is 368. The number of amides is 1. The van der Waals surface area contributed by atoms with E-state index in [1.54, 1.807) is 31.3 Å². The summed E-state index contributed by atoms with van der Waals surface area (Å²) in [6, 6.07) is 6.79. The van der Waals surface area contributed by atoms with Gasteiger partial charge in [0.1, 0.15) is 0 Å². The second kappa shape index (κ2) is 4.93. The van der Waals surface area contributed by atoms with E-state index in [9.17, 15) is 4.79 Å². The van der Waals surface area contributed by atoms with Crippen LogP contribution in [0.5, 0.6) is 0 Å². The van der Waals surface area contributed by atoms with E-state index in [4.69, 9.17) is 23.8 Å². The van der Waals surface area contributed by atoms with Gasteiger partial charge in [0.2, 0.25) is 0 Å². The Kier molecular flexibility index (Phi) is 3.85. The maximum Gasteiger partial charge on any atom is 0.258 e. The summed E-state index contributed by atoms with van der Waals surface area (Å²) in [5.41, 5.74) is 0.409. The molecule has 1 aromatic carbocycles. The lowest BCUT2D eigenvalue weighted by atomic mass is 10.2. The number of rotatable bonds is 1. The molecule has 0 saturated carbocycles. The monoisotopic (exact) mass is 228 g/mol. The summed E-state index contributed by atoms with van der Waals surface area (Å²) in [5.74, 6) is -0.310. The number of benzene rings is 1. The Balaban J connectivity index is 2.80. The van der Waals surface area contributed by atoms with Gasteiger partial charge >= 0.3 is 0 Å². The van der Waals surface area contributed by atoms with Gasteiger partial charge in [-0.05, 0) is 24.4 Å². The van der Waals surface area contributed by atoms with Gasteiger partial charge in [-0.25, -0.2) is 0 Å². The van der Waals surface area contributed by atoms with E-state index in [0.29, 0.717) is 10.6 Å². The molecule has 14 heavy (non-hydrogen) atoms. The minimum Gasteiger partial charge on any atom is -0.365 e. The molecule has 74 valence electrons. The molecule has 0 heterocycles. The molecule has 3 nitrogen and oxygen atoms in total. The van der Waals surface area contributed by atoms with Crippen LogP contribution in [0.3, 0.4) is 0 Å². The summed E-state index contributed by atoms with van der Waals surface area (Å²) in [5, 5.41) is 5.80. The first kappa shape index (κ1) is 10.9. The van der Waals surface area contributed by atoms with Gasteiger partial charge in [-0.1, -0.05) is 23.7 Å². The second-order valence-corrected chi connectivity index (χ2v) is 3.33. The third-order valence-corrected chi connectivity index (χ3v) is 2.21. The summed E-state index contributed by atoms with van der Waals surface area (Å²) in [6.45, 7) is 0. The summed E-state index contributed by atoms with van der Waals surface area (Å²) in [7, 11) is 1.63. The molecule has 0 spiro atoms. The van der Waals surface area contributed by atoms with Crippen LogP contribution in [-0.4, -0.2) is 18.1 Å². The molecular formula is C9H9ClN2OS. The molecule has 0 unspecified atom stereocenters. The summed E-state index contributed by atoms with van der Waals surface area (Å²) >= 11 is 10.6. The van der Waals surface area contributed by atoms with E-state index in [0.717, 1.165) is 0 Å². The fraction of sp³-hybridized carbons (Fsp3) is 0.111. The highest BCUT2D eigenvalue weighted by atomic mass is 35.5. The second-order valence-electron chi connectivity index (χ2n) is 2.51. The van der Waals surface area contributed by atoms with E-state index in [-0.39, 0.29) is 11.0 Å². The average Bonchev–Trinajstić information content (AvgIpc) is 2.18. The minimum absolute atomic E-state index is 0.273. The van der Waals surface area contributed by atoms with E-state index in [1.165, 1.54) is 0 Å². The van der Waals surface area contributed by atoms with Crippen molar-refractivity contribution in [1.29, 1.82) is 0 Å². The molecule has 0 fully saturated rings. The molecule has 1 aromatic rings. The molecule has 0 aliphatic rings. The van der Waals surface area contributed by atoms with Gasteiger partial charge in [-0.15, -0.1) is 0 Å². The Labute approximate surface area is 92.4 Å². The number of carbonyl (C=O) groups is 1. The topological polar surface area (TPSA) is 41.1 Å². The predicted octanol–water partition coefficient (Wildman–Crippen LogP) is 1.57. The summed E-state index contributed by atoms with van der Waals surface area (Å²) < 4.78 is 0. The molecule has 1 amide bonds. The number of hydrogen-bond donors (Lipinski definition) is 2. The van der Waals surface area contributed by atoms with Crippen LogP contribution in [0.2, 0.25) is 5.02 Å². The lowest BCUT2D eigenvalue weighted by molar-refractivity contribution is 0.0977. The van der Waals surface area contributed by atoms with Crippen molar-refractivity contribution in [1.82, 2.24) is 10.6 Å². The van der Waals surface area contributed by atoms with Crippen molar-refractivity contribution in [3.63, 3.8) is 0 Å². The van der Waals surface area contributed by atoms with Gasteiger partial charge in [0.25, 0.3) is 5.91 Å². The van der Waals surface area contributed by atoms with Gasteiger partial charge in [0.15, 0.2) is 5.11 Å². The maximum atomic E-state index is 11.5. The lowest BCUT2D eigenvalue weighted by Crippen LogP contribution is -2.37. The fourth-order valence-electron chi connectivity index (χ4n) is 0.878. The number of carbonyl (C=O) groups excluding carboxylic acids is 1. The van der Waals surface area contributed by atoms with E-state index in [2.05, 4.69) is 10.6 Å². The number of hydrogen-bond acceptors (Lipinski definition) is 2. The first-order valence-corrected chi connectivity index (χ1v) is 4.71. The zero-order valence-corrected chi connectivity index (χ0v) is 9.08. The Morgan fingerprint density at radius 2 is 2.07 bits per heavy atom. The summed E-state index contributed by atoms with van der Waals surface area (Å²) in [6.07, 6.45) is 0. The Hall–Kier alpha value is -1.13. The van der Waals surface area contributed by atoms with E-state index < -0.39 is 0 Å². The molecule has 5 heteroatoms. The maximum absolute atomic E-state index is 11.5. The third-order valence-electron chi connectivity index (χ3n) is 1.57. The Morgan fingerprint density at radius 3 is 2.64 bits per heavy atom. The lowest BCUT2D eigenvalue weighted by Gasteiger charge is -2.06. The largest absolute Gasteiger partial charge is 0.365 e. The Morgan fingerprint density at radius 1 is 1.43 bits per heavy atom. The first-order valence-electron chi connectivity index (χ1n) is 3.92. The molecule has 0 aromatic heterocycles. The van der Waals surface area contributed by atoms with Crippen LogP contribution in [0.25, 0.3) is 0 Å². The third kappa shape index (κ3) is 2.68. The van der Waals surface area contributed by atoms with Crippen LogP contribution in [0.15, 0.2) is 24.3 Å². The SMILES string of the molecule is CNC(=S)NC(=O)c1ccccc1Cl. The molecular weight excluding hydrogens is 220 g/mol. The molecule has 0 radical (unpaired) electrons. The highest BCUT2D eigenvalue weighted by molar-refractivity contribution is 7.80. The van der Waals surface area contributed by atoms with Crippen molar-refractivity contribution in [2.24, 2.45) is 0 Å². The van der Waals surface area contributed by atoms with Gasteiger partial charge < -0.3 is 5.32 Å².